The van der Waals surface area contributed by atoms with Gasteiger partial charge in [0.25, 0.3) is 5.56 Å². The maximum absolute atomic E-state index is 13.2. The van der Waals surface area contributed by atoms with Crippen molar-refractivity contribution in [2.75, 3.05) is 5.32 Å². The number of nitrogens with zero attached hydrogens (tertiary/aromatic N) is 5. The van der Waals surface area contributed by atoms with Gasteiger partial charge in [0.15, 0.2) is 0 Å². The number of aryl methyl sites for hydroxylation is 2. The molecule has 40 heavy (non-hydrogen) atoms. The molecular formula is C26H37N7O7. The molecule has 14 nitrogen and oxygen atoms in total. The van der Waals surface area contributed by atoms with Crippen LogP contribution in [0.1, 0.15) is 71.5 Å². The molecule has 0 bridgehead atoms. The van der Waals surface area contributed by atoms with Crippen LogP contribution in [0.25, 0.3) is 6.01 Å². The molecule has 0 aliphatic rings. The summed E-state index contributed by atoms with van der Waals surface area (Å²) in [6.45, 7) is 13.8. The van der Waals surface area contributed by atoms with Crippen molar-refractivity contribution < 1.29 is 28.2 Å². The highest BCUT2D eigenvalue weighted by atomic mass is 16.6. The number of alkyl carbamates (subject to hydrolysis) is 1. The van der Waals surface area contributed by atoms with Gasteiger partial charge in [-0.1, -0.05) is 0 Å². The molecule has 3 rings (SSSR count). The molecule has 0 aromatic carbocycles. The van der Waals surface area contributed by atoms with E-state index in [1.807, 2.05) is 0 Å². The number of pyridine rings is 1. The van der Waals surface area contributed by atoms with Crippen molar-refractivity contribution in [2.24, 2.45) is 7.05 Å². The van der Waals surface area contributed by atoms with Gasteiger partial charge in [0.05, 0.1) is 24.5 Å². The van der Waals surface area contributed by atoms with E-state index in [0.717, 1.165) is 4.57 Å². The molecule has 0 aliphatic carbocycles. The van der Waals surface area contributed by atoms with Crippen molar-refractivity contribution in [1.82, 2.24) is 29.9 Å². The van der Waals surface area contributed by atoms with E-state index in [-0.39, 0.29) is 18.3 Å². The minimum absolute atomic E-state index is 0.0158. The number of nitrogens with one attached hydrogen (secondary N) is 2. The van der Waals surface area contributed by atoms with Gasteiger partial charge in [0.1, 0.15) is 35.0 Å². The summed E-state index contributed by atoms with van der Waals surface area (Å²) in [4.78, 5) is 43.7. The zero-order chi connectivity index (χ0) is 29.8. The van der Waals surface area contributed by atoms with Crippen LogP contribution in [0.15, 0.2) is 33.9 Å². The number of carbonyl (C=O) groups is 2. The molecule has 2 N–H and O–H groups in total. The van der Waals surface area contributed by atoms with Gasteiger partial charge in [-0.3, -0.25) is 10.1 Å². The quantitative estimate of drug-likeness (QED) is 0.415. The van der Waals surface area contributed by atoms with Crippen LogP contribution in [0.2, 0.25) is 0 Å². The number of oxazole rings is 1. The zero-order valence-electron chi connectivity index (χ0n) is 24.3. The van der Waals surface area contributed by atoms with Crippen LogP contribution in [-0.4, -0.2) is 54.0 Å². The summed E-state index contributed by atoms with van der Waals surface area (Å²) in [7, 11) is 1.66. The van der Waals surface area contributed by atoms with E-state index in [1.54, 1.807) is 62.4 Å². The third-order valence-electron chi connectivity index (χ3n) is 5.06. The number of anilines is 1. The Hall–Kier alpha value is -4.20. The molecular weight excluding hydrogens is 522 g/mol. The average molecular weight is 560 g/mol. The highest BCUT2D eigenvalue weighted by molar-refractivity contribution is 5.84. The molecule has 3 heterocycles. The molecule has 2 unspecified atom stereocenters. The first kappa shape index (κ1) is 30.3. The van der Waals surface area contributed by atoms with Crippen LogP contribution in [0.4, 0.5) is 15.3 Å². The number of rotatable bonds is 8. The molecule has 2 amide bonds. The highest BCUT2D eigenvalue weighted by Crippen LogP contribution is 2.23. The number of amides is 2. The average Bonchev–Trinajstić information content (AvgIpc) is 3.41. The summed E-state index contributed by atoms with van der Waals surface area (Å²) in [5.74, 6) is 0. The first-order chi connectivity index (χ1) is 18.5. The van der Waals surface area contributed by atoms with E-state index in [0.29, 0.717) is 17.0 Å². The minimum Gasteiger partial charge on any atom is -0.444 e. The van der Waals surface area contributed by atoms with Gasteiger partial charge in [-0.25, -0.2) is 14.2 Å². The van der Waals surface area contributed by atoms with Crippen molar-refractivity contribution in [3.05, 3.63) is 52.0 Å². The lowest BCUT2D eigenvalue weighted by atomic mass is 10.1. The van der Waals surface area contributed by atoms with Gasteiger partial charge in [-0.15, -0.1) is 0 Å². The molecule has 2 atom stereocenters. The fourth-order valence-corrected chi connectivity index (χ4v) is 3.55. The maximum Gasteiger partial charge on any atom is 0.412 e. The van der Waals surface area contributed by atoms with Crippen LogP contribution in [0.3, 0.4) is 0 Å². The van der Waals surface area contributed by atoms with Gasteiger partial charge in [0, 0.05) is 13.2 Å². The normalized spacial score (nSPS) is 13.4. The number of ether oxygens (including phenoxy) is 3. The summed E-state index contributed by atoms with van der Waals surface area (Å²) >= 11 is 0. The predicted octanol–water partition coefficient (Wildman–Crippen LogP) is 3.78. The zero-order valence-corrected chi connectivity index (χ0v) is 24.3. The minimum atomic E-state index is -0.801. The lowest BCUT2D eigenvalue weighted by Crippen LogP contribution is -2.41. The van der Waals surface area contributed by atoms with Crippen molar-refractivity contribution in [3.8, 4) is 6.01 Å². The van der Waals surface area contributed by atoms with Crippen LogP contribution >= 0.6 is 0 Å². The summed E-state index contributed by atoms with van der Waals surface area (Å²) in [5.41, 5.74) is -0.588. The largest absolute Gasteiger partial charge is 0.444 e. The topological polar surface area (TPSA) is 165 Å². The van der Waals surface area contributed by atoms with E-state index in [9.17, 15) is 14.4 Å². The van der Waals surface area contributed by atoms with E-state index >= 15 is 0 Å². The molecule has 0 aliphatic heterocycles. The second kappa shape index (κ2) is 11.9. The highest BCUT2D eigenvalue weighted by Gasteiger charge is 2.27. The first-order valence-corrected chi connectivity index (χ1v) is 12.7. The Bertz CT molecular complexity index is 1400. The number of hydrogen-bond acceptors (Lipinski definition) is 10. The van der Waals surface area contributed by atoms with Gasteiger partial charge >= 0.3 is 18.2 Å². The second-order valence-electron chi connectivity index (χ2n) is 11.3. The Labute approximate surface area is 232 Å². The van der Waals surface area contributed by atoms with Gasteiger partial charge in [-0.2, -0.15) is 20.0 Å². The van der Waals surface area contributed by atoms with Gasteiger partial charge in [0.2, 0.25) is 0 Å². The maximum atomic E-state index is 13.2. The van der Waals surface area contributed by atoms with Crippen LogP contribution < -0.4 is 16.2 Å². The van der Waals surface area contributed by atoms with E-state index in [4.69, 9.17) is 18.6 Å². The third kappa shape index (κ3) is 8.66. The Morgan fingerprint density at radius 3 is 2.30 bits per heavy atom. The van der Waals surface area contributed by atoms with Crippen molar-refractivity contribution >= 4 is 17.9 Å². The number of aromatic nitrogens is 5. The lowest BCUT2D eigenvalue weighted by Gasteiger charge is -2.26. The molecule has 0 saturated heterocycles. The lowest BCUT2D eigenvalue weighted by molar-refractivity contribution is 0.00561. The predicted molar refractivity (Wildman–Crippen MR) is 144 cm³/mol. The standard InChI is InChI=1S/C26H37N7O7/c1-15-13-38-22(28-15)33-12-17(10-18(21(33)34)30-24(36)40-26(6,7)8)14-37-20(19-11-27-32(9)31-19)16(2)29-23(35)39-25(3,4)5/h10-13,16,20H,14H2,1-9H3,(H,29,35)(H,30,36). The monoisotopic (exact) mass is 559 g/mol. The van der Waals surface area contributed by atoms with Crippen molar-refractivity contribution in [2.45, 2.75) is 85.3 Å². The van der Waals surface area contributed by atoms with Gasteiger partial charge in [-0.05, 0) is 67.0 Å². The van der Waals surface area contributed by atoms with Crippen LogP contribution in [0, 0.1) is 6.92 Å². The summed E-state index contributed by atoms with van der Waals surface area (Å²) < 4.78 is 23.5. The Morgan fingerprint density at radius 1 is 1.10 bits per heavy atom. The molecule has 0 fully saturated rings. The van der Waals surface area contributed by atoms with Crippen LogP contribution in [0.5, 0.6) is 0 Å². The fourth-order valence-electron chi connectivity index (χ4n) is 3.55. The van der Waals surface area contributed by atoms with E-state index in [1.165, 1.54) is 29.5 Å². The molecule has 218 valence electrons. The van der Waals surface area contributed by atoms with Crippen molar-refractivity contribution in [1.29, 1.82) is 0 Å². The number of hydrogen-bond donors (Lipinski definition) is 2. The fraction of sp³-hybridized carbons (Fsp3) is 0.538. The van der Waals surface area contributed by atoms with E-state index < -0.39 is 41.1 Å². The molecule has 0 saturated carbocycles. The summed E-state index contributed by atoms with van der Waals surface area (Å²) in [6.07, 6.45) is 2.27. The Kier molecular flexibility index (Phi) is 9.03. The molecule has 0 spiro atoms. The molecule has 3 aromatic rings. The summed E-state index contributed by atoms with van der Waals surface area (Å²) in [6, 6.07) is 0.909. The smallest absolute Gasteiger partial charge is 0.412 e. The first-order valence-electron chi connectivity index (χ1n) is 12.7. The van der Waals surface area contributed by atoms with E-state index in [2.05, 4.69) is 25.8 Å². The summed E-state index contributed by atoms with van der Waals surface area (Å²) in [5, 5.41) is 13.7. The second-order valence-corrected chi connectivity index (χ2v) is 11.3. The number of carbonyl (C=O) groups excluding carboxylic acids is 2. The SMILES string of the molecule is Cc1coc(-n2cc(COC(c3cnn(C)n3)C(C)NC(=O)OC(C)(C)C)cc(NC(=O)OC(C)(C)C)c2=O)n1. The van der Waals surface area contributed by atoms with Gasteiger partial charge < -0.3 is 23.9 Å². The van der Waals surface area contributed by atoms with Crippen LogP contribution in [-0.2, 0) is 27.9 Å². The Morgan fingerprint density at radius 2 is 1.75 bits per heavy atom. The molecule has 3 aromatic heterocycles. The van der Waals surface area contributed by atoms with Crippen molar-refractivity contribution in [3.63, 3.8) is 0 Å². The third-order valence-corrected chi connectivity index (χ3v) is 5.06. The Balaban J connectivity index is 1.91. The molecule has 0 radical (unpaired) electrons. The molecule has 14 heteroatoms.